The van der Waals surface area contributed by atoms with E-state index in [4.69, 9.17) is 11.6 Å². The van der Waals surface area contributed by atoms with E-state index < -0.39 is 0 Å². The van der Waals surface area contributed by atoms with E-state index in [1.165, 1.54) is 6.08 Å². The van der Waals surface area contributed by atoms with Gasteiger partial charge >= 0.3 is 0 Å². The lowest BCUT2D eigenvalue weighted by Gasteiger charge is -2.12. The van der Waals surface area contributed by atoms with Crippen LogP contribution in [0, 0.1) is 6.92 Å². The summed E-state index contributed by atoms with van der Waals surface area (Å²) >= 11 is 6.39. The van der Waals surface area contributed by atoms with E-state index in [9.17, 15) is 9.59 Å². The van der Waals surface area contributed by atoms with Gasteiger partial charge in [-0.05, 0) is 50.5 Å². The number of hydrogen-bond acceptors (Lipinski definition) is 3. The number of aryl methyl sites for hydroxylation is 2. The Morgan fingerprint density at radius 3 is 2.77 bits per heavy atom. The standard InChI is InChI=1S/C23H31ClN4O2/c1-5-7-13-28-22(24)20(17(4)27-28)11-12-21(29)25-15-18-9-8-10-19(14-18)23(30)26-16(3)6-2/h8-12,14,16H,5-7,13,15H2,1-4H3,(H,25,29)(H,26,30)/b12-11+. The molecule has 0 spiro atoms. The predicted molar refractivity (Wildman–Crippen MR) is 121 cm³/mol. The molecule has 0 aliphatic carbocycles. The van der Waals surface area contributed by atoms with Crippen molar-refractivity contribution < 1.29 is 9.59 Å². The lowest BCUT2D eigenvalue weighted by molar-refractivity contribution is -0.116. The largest absolute Gasteiger partial charge is 0.350 e. The van der Waals surface area contributed by atoms with Crippen molar-refractivity contribution in [3.05, 3.63) is 57.9 Å². The first-order chi connectivity index (χ1) is 14.3. The van der Waals surface area contributed by atoms with Gasteiger partial charge in [-0.25, -0.2) is 0 Å². The summed E-state index contributed by atoms with van der Waals surface area (Å²) in [7, 11) is 0. The molecule has 1 unspecified atom stereocenters. The van der Waals surface area contributed by atoms with Crippen LogP contribution in [0.1, 0.15) is 67.2 Å². The van der Waals surface area contributed by atoms with Gasteiger partial charge < -0.3 is 10.6 Å². The van der Waals surface area contributed by atoms with Gasteiger partial charge in [-0.3, -0.25) is 14.3 Å². The number of halogens is 1. The Hall–Kier alpha value is -2.60. The Labute approximate surface area is 183 Å². The molecule has 2 amide bonds. The van der Waals surface area contributed by atoms with Crippen LogP contribution < -0.4 is 10.6 Å². The summed E-state index contributed by atoms with van der Waals surface area (Å²) in [4.78, 5) is 24.5. The maximum atomic E-state index is 12.3. The molecule has 1 aromatic heterocycles. The van der Waals surface area contributed by atoms with Gasteiger partial charge in [0.05, 0.1) is 5.69 Å². The number of hydrogen-bond donors (Lipinski definition) is 2. The molecule has 2 aromatic rings. The van der Waals surface area contributed by atoms with E-state index in [2.05, 4.69) is 22.7 Å². The highest BCUT2D eigenvalue weighted by atomic mass is 35.5. The normalized spacial score (nSPS) is 12.2. The third-order valence-corrected chi connectivity index (χ3v) is 5.28. The van der Waals surface area contributed by atoms with Gasteiger partial charge in [0.15, 0.2) is 0 Å². The molecule has 0 saturated heterocycles. The fourth-order valence-corrected chi connectivity index (χ4v) is 3.17. The van der Waals surface area contributed by atoms with Crippen molar-refractivity contribution in [3.8, 4) is 0 Å². The molecular formula is C23H31ClN4O2. The second-order valence-electron chi connectivity index (χ2n) is 7.40. The van der Waals surface area contributed by atoms with Crippen molar-refractivity contribution in [2.24, 2.45) is 0 Å². The molecule has 1 heterocycles. The van der Waals surface area contributed by atoms with E-state index in [1.807, 2.05) is 32.9 Å². The van der Waals surface area contributed by atoms with Crippen LogP contribution in [0.25, 0.3) is 6.08 Å². The number of nitrogens with zero attached hydrogens (tertiary/aromatic N) is 2. The maximum Gasteiger partial charge on any atom is 0.251 e. The van der Waals surface area contributed by atoms with Crippen LogP contribution in [0.4, 0.5) is 0 Å². The van der Waals surface area contributed by atoms with E-state index in [-0.39, 0.29) is 17.9 Å². The van der Waals surface area contributed by atoms with Gasteiger partial charge in [0, 0.05) is 36.3 Å². The van der Waals surface area contributed by atoms with Gasteiger partial charge in [-0.15, -0.1) is 0 Å². The molecule has 0 saturated carbocycles. The molecule has 0 aliphatic heterocycles. The van der Waals surface area contributed by atoms with Crippen LogP contribution in [0.15, 0.2) is 30.3 Å². The third kappa shape index (κ3) is 6.73. The zero-order valence-electron chi connectivity index (χ0n) is 18.2. The molecule has 30 heavy (non-hydrogen) atoms. The molecule has 2 rings (SSSR count). The highest BCUT2D eigenvalue weighted by molar-refractivity contribution is 6.31. The van der Waals surface area contributed by atoms with Crippen molar-refractivity contribution in [1.29, 1.82) is 0 Å². The molecule has 7 heteroatoms. The van der Waals surface area contributed by atoms with Crippen LogP contribution in [-0.4, -0.2) is 27.6 Å². The van der Waals surface area contributed by atoms with E-state index in [0.717, 1.165) is 42.6 Å². The van der Waals surface area contributed by atoms with Gasteiger partial charge in [0.1, 0.15) is 5.15 Å². The molecule has 162 valence electrons. The third-order valence-electron chi connectivity index (χ3n) is 4.88. The van der Waals surface area contributed by atoms with Crippen LogP contribution in [0.3, 0.4) is 0 Å². The lowest BCUT2D eigenvalue weighted by atomic mass is 10.1. The number of rotatable bonds is 10. The van der Waals surface area contributed by atoms with Crippen molar-refractivity contribution in [3.63, 3.8) is 0 Å². The van der Waals surface area contributed by atoms with Gasteiger partial charge in [0.2, 0.25) is 5.91 Å². The second kappa shape index (κ2) is 11.6. The Morgan fingerprint density at radius 2 is 2.07 bits per heavy atom. The molecule has 0 bridgehead atoms. The fraction of sp³-hybridized carbons (Fsp3) is 0.435. The van der Waals surface area contributed by atoms with E-state index in [0.29, 0.717) is 17.3 Å². The van der Waals surface area contributed by atoms with Gasteiger partial charge in [-0.1, -0.05) is 44.0 Å². The highest BCUT2D eigenvalue weighted by Crippen LogP contribution is 2.21. The quantitative estimate of drug-likeness (QED) is 0.545. The number of benzene rings is 1. The summed E-state index contributed by atoms with van der Waals surface area (Å²) in [5.41, 5.74) is 2.99. The summed E-state index contributed by atoms with van der Waals surface area (Å²) in [5, 5.41) is 10.8. The number of aromatic nitrogens is 2. The molecule has 0 aliphatic rings. The molecule has 0 radical (unpaired) electrons. The van der Waals surface area contributed by atoms with Crippen molar-refractivity contribution in [2.45, 2.75) is 66.1 Å². The van der Waals surface area contributed by atoms with Crippen molar-refractivity contribution in [2.75, 3.05) is 0 Å². The van der Waals surface area contributed by atoms with Crippen molar-refractivity contribution in [1.82, 2.24) is 20.4 Å². The van der Waals surface area contributed by atoms with E-state index in [1.54, 1.807) is 22.9 Å². The van der Waals surface area contributed by atoms with Crippen LogP contribution >= 0.6 is 11.6 Å². The number of unbranched alkanes of at least 4 members (excludes halogenated alkanes) is 1. The fourth-order valence-electron chi connectivity index (χ4n) is 2.85. The van der Waals surface area contributed by atoms with Crippen molar-refractivity contribution >= 4 is 29.5 Å². The molecule has 0 fully saturated rings. The first kappa shape index (κ1) is 23.7. The van der Waals surface area contributed by atoms with Gasteiger partial charge in [-0.2, -0.15) is 5.10 Å². The summed E-state index contributed by atoms with van der Waals surface area (Å²) in [6, 6.07) is 7.37. The topological polar surface area (TPSA) is 76.0 Å². The maximum absolute atomic E-state index is 12.3. The SMILES string of the molecule is CCCCn1nc(C)c(/C=C/C(=O)NCc2cccc(C(=O)NC(C)CC)c2)c1Cl. The zero-order valence-corrected chi connectivity index (χ0v) is 18.9. The smallest absolute Gasteiger partial charge is 0.251 e. The number of nitrogens with one attached hydrogen (secondary N) is 2. The summed E-state index contributed by atoms with van der Waals surface area (Å²) in [6.45, 7) is 9.07. The number of amides is 2. The Morgan fingerprint density at radius 1 is 1.30 bits per heavy atom. The first-order valence-electron chi connectivity index (χ1n) is 10.4. The molecular weight excluding hydrogens is 400 g/mol. The van der Waals surface area contributed by atoms with E-state index >= 15 is 0 Å². The molecule has 6 nitrogen and oxygen atoms in total. The average Bonchev–Trinajstić information content (AvgIpc) is 3.01. The average molecular weight is 431 g/mol. The minimum atomic E-state index is -0.235. The predicted octanol–water partition coefficient (Wildman–Crippen LogP) is 4.50. The Kier molecular flexibility index (Phi) is 9.12. The molecule has 1 atom stereocenters. The summed E-state index contributed by atoms with van der Waals surface area (Å²) < 4.78 is 1.77. The minimum absolute atomic E-state index is 0.109. The first-order valence-corrected chi connectivity index (χ1v) is 10.8. The highest BCUT2D eigenvalue weighted by Gasteiger charge is 2.11. The van der Waals surface area contributed by atoms with Crippen LogP contribution in [0.5, 0.6) is 0 Å². The molecule has 1 aromatic carbocycles. The van der Waals surface area contributed by atoms with Gasteiger partial charge in [0.25, 0.3) is 5.91 Å². The summed E-state index contributed by atoms with van der Waals surface area (Å²) in [5.74, 6) is -0.344. The molecule has 2 N–H and O–H groups in total. The number of carbonyl (C=O) groups excluding carboxylic acids is 2. The Balaban J connectivity index is 1.96. The van der Waals surface area contributed by atoms with Crippen LogP contribution in [0.2, 0.25) is 5.15 Å². The minimum Gasteiger partial charge on any atom is -0.350 e. The Bertz CT molecular complexity index is 905. The zero-order chi connectivity index (χ0) is 22.1. The second-order valence-corrected chi connectivity index (χ2v) is 7.76. The van der Waals surface area contributed by atoms with Crippen LogP contribution in [-0.2, 0) is 17.9 Å². The summed E-state index contributed by atoms with van der Waals surface area (Å²) in [6.07, 6.45) is 6.08. The number of carbonyl (C=O) groups is 2. The lowest BCUT2D eigenvalue weighted by Crippen LogP contribution is -2.32. The monoisotopic (exact) mass is 430 g/mol.